The van der Waals surface area contributed by atoms with E-state index >= 15 is 0 Å². The lowest BCUT2D eigenvalue weighted by atomic mass is 10.0. The fourth-order valence-corrected chi connectivity index (χ4v) is 2.27. The zero-order chi connectivity index (χ0) is 15.1. The number of benzene rings is 2. The van der Waals surface area contributed by atoms with Crippen molar-refractivity contribution in [2.75, 3.05) is 7.11 Å². The van der Waals surface area contributed by atoms with Gasteiger partial charge in [0, 0.05) is 5.56 Å². The Morgan fingerprint density at radius 3 is 2.10 bits per heavy atom. The highest BCUT2D eigenvalue weighted by Gasteiger charge is 2.15. The number of hydrogen-bond donors (Lipinski definition) is 1. The van der Waals surface area contributed by atoms with Gasteiger partial charge in [-0.3, -0.25) is 4.79 Å². The highest BCUT2D eigenvalue weighted by molar-refractivity contribution is 5.98. The predicted molar refractivity (Wildman–Crippen MR) is 84.3 cm³/mol. The van der Waals surface area contributed by atoms with Gasteiger partial charge in [-0.15, -0.1) is 0 Å². The van der Waals surface area contributed by atoms with Crippen molar-refractivity contribution in [1.82, 2.24) is 0 Å². The van der Waals surface area contributed by atoms with Gasteiger partial charge in [0.15, 0.2) is 0 Å². The summed E-state index contributed by atoms with van der Waals surface area (Å²) in [7, 11) is 1.56. The molecule has 0 heterocycles. The summed E-state index contributed by atoms with van der Waals surface area (Å²) in [6.45, 7) is 0. The van der Waals surface area contributed by atoms with Crippen LogP contribution in [0, 0.1) is 0 Å². The monoisotopic (exact) mass is 281 g/mol. The molecule has 3 nitrogen and oxygen atoms in total. The van der Waals surface area contributed by atoms with E-state index in [4.69, 9.17) is 10.5 Å². The summed E-state index contributed by atoms with van der Waals surface area (Å²) in [6.07, 6.45) is 1.30. The Morgan fingerprint density at radius 1 is 1.00 bits per heavy atom. The molecule has 21 heavy (non-hydrogen) atoms. The Bertz CT molecular complexity index is 618. The average molecular weight is 281 g/mol. The highest BCUT2D eigenvalue weighted by atomic mass is 16.5. The minimum absolute atomic E-state index is 0.438. The topological polar surface area (TPSA) is 52.3 Å². The lowest BCUT2D eigenvalue weighted by molar-refractivity contribution is -0.114. The third-order valence-corrected chi connectivity index (χ3v) is 3.32. The first kappa shape index (κ1) is 14.9. The zero-order valence-corrected chi connectivity index (χ0v) is 12.1. The minimum atomic E-state index is -0.438. The first-order chi connectivity index (χ1) is 10.2. The summed E-state index contributed by atoms with van der Waals surface area (Å²) in [6, 6.07) is 19.6. The van der Waals surface area contributed by atoms with Crippen LogP contribution in [0.1, 0.15) is 17.5 Å². The molecule has 3 heteroatoms. The van der Waals surface area contributed by atoms with Crippen LogP contribution in [0.15, 0.2) is 66.2 Å². The smallest absolute Gasteiger partial charge is 0.248 e. The van der Waals surface area contributed by atoms with Gasteiger partial charge in [-0.25, -0.2) is 0 Å². The molecule has 0 radical (unpaired) electrons. The van der Waals surface area contributed by atoms with Crippen molar-refractivity contribution in [1.29, 1.82) is 0 Å². The molecule has 0 aliphatic heterocycles. The van der Waals surface area contributed by atoms with Crippen molar-refractivity contribution in [2.24, 2.45) is 5.73 Å². The van der Waals surface area contributed by atoms with E-state index in [1.54, 1.807) is 7.11 Å². The Balaban J connectivity index is 2.28. The molecule has 2 N–H and O–H groups in total. The molecule has 1 amide bonds. The second kappa shape index (κ2) is 7.29. The Kier molecular flexibility index (Phi) is 5.16. The van der Waals surface area contributed by atoms with Gasteiger partial charge in [0.25, 0.3) is 0 Å². The largest absolute Gasteiger partial charge is 0.496 e. The molecule has 0 bridgehead atoms. The van der Waals surface area contributed by atoms with E-state index in [2.05, 4.69) is 0 Å². The molecular formula is C18H19NO2. The number of primary amides is 1. The summed E-state index contributed by atoms with van der Waals surface area (Å²) < 4.78 is 5.43. The van der Waals surface area contributed by atoms with E-state index in [1.165, 1.54) is 5.56 Å². The maximum absolute atomic E-state index is 11.8. The second-order valence-corrected chi connectivity index (χ2v) is 4.73. The average Bonchev–Trinajstić information content (AvgIpc) is 2.53. The molecule has 108 valence electrons. The quantitative estimate of drug-likeness (QED) is 0.653. The molecule has 0 atom stereocenters. The number of nitrogens with two attached hydrogens (primary N) is 1. The second-order valence-electron chi connectivity index (χ2n) is 4.73. The Hall–Kier alpha value is -2.55. The van der Waals surface area contributed by atoms with Crippen LogP contribution < -0.4 is 5.73 Å². The summed E-state index contributed by atoms with van der Waals surface area (Å²) >= 11 is 0. The number of methoxy groups -OCH3 is 1. The molecule has 0 spiro atoms. The number of hydrogen-bond acceptors (Lipinski definition) is 2. The lowest BCUT2D eigenvalue weighted by Crippen LogP contribution is -2.17. The fourth-order valence-electron chi connectivity index (χ4n) is 2.27. The molecule has 0 unspecified atom stereocenters. The maximum atomic E-state index is 11.8. The molecular weight excluding hydrogens is 262 g/mol. The first-order valence-electron chi connectivity index (χ1n) is 6.88. The van der Waals surface area contributed by atoms with E-state index in [0.29, 0.717) is 17.8 Å². The summed E-state index contributed by atoms with van der Waals surface area (Å²) in [5.74, 6) is 0.116. The first-order valence-corrected chi connectivity index (χ1v) is 6.88. The van der Waals surface area contributed by atoms with E-state index < -0.39 is 5.91 Å². The standard InChI is InChI=1S/C18H19NO2/c1-21-17(15-10-6-3-7-11-15)16(18(19)20)13-12-14-8-4-2-5-9-14/h2-11H,12-13H2,1H3,(H2,19,20). The summed E-state index contributed by atoms with van der Waals surface area (Å²) in [4.78, 5) is 11.8. The fraction of sp³-hybridized carbons (Fsp3) is 0.167. The van der Waals surface area contributed by atoms with Crippen molar-refractivity contribution in [3.63, 3.8) is 0 Å². The van der Waals surface area contributed by atoms with Crippen LogP contribution in [0.3, 0.4) is 0 Å². The van der Waals surface area contributed by atoms with Crippen LogP contribution in [-0.2, 0) is 16.0 Å². The van der Waals surface area contributed by atoms with Gasteiger partial charge < -0.3 is 10.5 Å². The Morgan fingerprint density at radius 2 is 1.57 bits per heavy atom. The molecule has 0 fully saturated rings. The molecule has 0 aliphatic rings. The van der Waals surface area contributed by atoms with Crippen molar-refractivity contribution >= 4 is 11.7 Å². The van der Waals surface area contributed by atoms with E-state index in [1.807, 2.05) is 60.7 Å². The van der Waals surface area contributed by atoms with Gasteiger partial charge in [0.2, 0.25) is 5.91 Å². The molecule has 0 aromatic heterocycles. The van der Waals surface area contributed by atoms with Gasteiger partial charge in [-0.2, -0.15) is 0 Å². The summed E-state index contributed by atoms with van der Waals surface area (Å²) in [5, 5.41) is 0. The van der Waals surface area contributed by atoms with Crippen LogP contribution in [0.25, 0.3) is 5.76 Å². The van der Waals surface area contributed by atoms with Crippen molar-refractivity contribution in [3.8, 4) is 0 Å². The van der Waals surface area contributed by atoms with Gasteiger partial charge in [-0.05, 0) is 18.4 Å². The molecule has 0 aliphatic carbocycles. The number of aryl methyl sites for hydroxylation is 1. The minimum Gasteiger partial charge on any atom is -0.496 e. The third-order valence-electron chi connectivity index (χ3n) is 3.32. The SMILES string of the molecule is COC(=C(CCc1ccccc1)C(N)=O)c1ccccc1. The predicted octanol–water partition coefficient (Wildman–Crippen LogP) is 3.16. The number of ether oxygens (including phenoxy) is 1. The van der Waals surface area contributed by atoms with Gasteiger partial charge in [0.05, 0.1) is 12.7 Å². The molecule has 0 saturated carbocycles. The van der Waals surface area contributed by atoms with Crippen molar-refractivity contribution in [2.45, 2.75) is 12.8 Å². The molecule has 2 rings (SSSR count). The van der Waals surface area contributed by atoms with Crippen LogP contribution in [-0.4, -0.2) is 13.0 Å². The number of carbonyl (C=O) groups excluding carboxylic acids is 1. The van der Waals surface area contributed by atoms with E-state index in [0.717, 1.165) is 12.0 Å². The van der Waals surface area contributed by atoms with E-state index in [-0.39, 0.29) is 0 Å². The Labute approximate surface area is 125 Å². The number of rotatable bonds is 6. The molecule has 2 aromatic rings. The van der Waals surface area contributed by atoms with Crippen molar-refractivity contribution < 1.29 is 9.53 Å². The third kappa shape index (κ3) is 3.96. The van der Waals surface area contributed by atoms with Gasteiger partial charge in [0.1, 0.15) is 5.76 Å². The zero-order valence-electron chi connectivity index (χ0n) is 12.1. The van der Waals surface area contributed by atoms with Gasteiger partial charge in [-0.1, -0.05) is 60.7 Å². The normalized spacial score (nSPS) is 11.7. The number of carbonyl (C=O) groups is 1. The number of amides is 1. The molecule has 0 saturated heterocycles. The highest BCUT2D eigenvalue weighted by Crippen LogP contribution is 2.22. The van der Waals surface area contributed by atoms with E-state index in [9.17, 15) is 4.79 Å². The van der Waals surface area contributed by atoms with Crippen LogP contribution in [0.4, 0.5) is 0 Å². The van der Waals surface area contributed by atoms with Crippen LogP contribution in [0.5, 0.6) is 0 Å². The van der Waals surface area contributed by atoms with Crippen LogP contribution in [0.2, 0.25) is 0 Å². The van der Waals surface area contributed by atoms with Crippen LogP contribution >= 0.6 is 0 Å². The maximum Gasteiger partial charge on any atom is 0.248 e. The lowest BCUT2D eigenvalue weighted by Gasteiger charge is -2.12. The van der Waals surface area contributed by atoms with Gasteiger partial charge >= 0.3 is 0 Å². The molecule has 2 aromatic carbocycles. The summed E-state index contributed by atoms with van der Waals surface area (Å²) in [5.41, 5.74) is 8.09. The van der Waals surface area contributed by atoms with Crippen molar-refractivity contribution in [3.05, 3.63) is 77.4 Å².